The van der Waals surface area contributed by atoms with Crippen LogP contribution in [-0.4, -0.2) is 24.6 Å². The second-order valence-corrected chi connectivity index (χ2v) is 5.67. The van der Waals surface area contributed by atoms with Crippen molar-refractivity contribution < 1.29 is 9.53 Å². The minimum absolute atomic E-state index is 0.0794. The lowest BCUT2D eigenvalue weighted by atomic mass is 9.95. The lowest BCUT2D eigenvalue weighted by molar-refractivity contribution is -0.122. The van der Waals surface area contributed by atoms with E-state index in [-0.39, 0.29) is 11.9 Å². The molecule has 0 heterocycles. The van der Waals surface area contributed by atoms with Gasteiger partial charge in [0, 0.05) is 11.7 Å². The Labute approximate surface area is 127 Å². The monoisotopic (exact) mass is 290 g/mol. The van der Waals surface area contributed by atoms with E-state index in [1.54, 1.807) is 0 Å². The Morgan fingerprint density at radius 3 is 2.52 bits per heavy atom. The third kappa shape index (κ3) is 4.96. The molecule has 2 N–H and O–H groups in total. The van der Waals surface area contributed by atoms with Gasteiger partial charge in [-0.15, -0.1) is 0 Å². The van der Waals surface area contributed by atoms with Crippen LogP contribution >= 0.6 is 0 Å². The van der Waals surface area contributed by atoms with Crippen molar-refractivity contribution in [2.75, 3.05) is 11.9 Å². The molecule has 0 spiro atoms. The molecule has 1 aromatic rings. The van der Waals surface area contributed by atoms with Crippen molar-refractivity contribution in [3.05, 3.63) is 24.3 Å². The van der Waals surface area contributed by atoms with Crippen molar-refractivity contribution in [2.24, 2.45) is 0 Å². The number of nitrogens with one attached hydrogen (secondary N) is 2. The highest BCUT2D eigenvalue weighted by molar-refractivity contribution is 5.84. The van der Waals surface area contributed by atoms with Gasteiger partial charge in [-0.05, 0) is 51.0 Å². The summed E-state index contributed by atoms with van der Waals surface area (Å²) in [4.78, 5) is 12.2. The molecule has 0 saturated heterocycles. The largest absolute Gasteiger partial charge is 0.494 e. The van der Waals surface area contributed by atoms with Crippen molar-refractivity contribution in [1.29, 1.82) is 0 Å². The number of carbonyl (C=O) groups is 1. The first-order chi connectivity index (χ1) is 10.2. The number of hydrogen-bond donors (Lipinski definition) is 2. The number of carbonyl (C=O) groups excluding carboxylic acids is 1. The van der Waals surface area contributed by atoms with Crippen LogP contribution in [0.4, 0.5) is 5.69 Å². The molecule has 0 radical (unpaired) electrons. The number of amides is 1. The SMILES string of the molecule is CCOc1ccc(N[C@@H](C)C(=O)NC2CCCCC2)cc1. The molecule has 0 aromatic heterocycles. The highest BCUT2D eigenvalue weighted by Crippen LogP contribution is 2.18. The lowest BCUT2D eigenvalue weighted by Gasteiger charge is -2.25. The molecule has 1 saturated carbocycles. The minimum atomic E-state index is -0.232. The standard InChI is InChI=1S/C17H26N2O2/c1-3-21-16-11-9-15(10-12-16)18-13(2)17(20)19-14-7-5-4-6-8-14/h9-14,18H,3-8H2,1-2H3,(H,19,20)/t13-/m0/s1. The van der Waals surface area contributed by atoms with Gasteiger partial charge in [0.15, 0.2) is 0 Å². The van der Waals surface area contributed by atoms with Gasteiger partial charge in [0.1, 0.15) is 11.8 Å². The molecular weight excluding hydrogens is 264 g/mol. The summed E-state index contributed by atoms with van der Waals surface area (Å²) in [6, 6.07) is 7.83. The third-order valence-electron chi connectivity index (χ3n) is 3.89. The highest BCUT2D eigenvalue weighted by atomic mass is 16.5. The first kappa shape index (κ1) is 15.7. The number of benzene rings is 1. The molecule has 1 aliphatic carbocycles. The second-order valence-electron chi connectivity index (χ2n) is 5.67. The topological polar surface area (TPSA) is 50.4 Å². The van der Waals surface area contributed by atoms with Crippen LogP contribution in [0.2, 0.25) is 0 Å². The maximum Gasteiger partial charge on any atom is 0.242 e. The average molecular weight is 290 g/mol. The number of ether oxygens (including phenoxy) is 1. The van der Waals surface area contributed by atoms with E-state index in [9.17, 15) is 4.79 Å². The predicted octanol–water partition coefficient (Wildman–Crippen LogP) is 3.33. The fourth-order valence-electron chi connectivity index (χ4n) is 2.70. The van der Waals surface area contributed by atoms with Gasteiger partial charge in [-0.1, -0.05) is 19.3 Å². The van der Waals surface area contributed by atoms with Crippen LogP contribution in [0.1, 0.15) is 46.0 Å². The van der Waals surface area contributed by atoms with Gasteiger partial charge >= 0.3 is 0 Å². The Bertz CT molecular complexity index is 439. The van der Waals surface area contributed by atoms with Crippen LogP contribution in [0.5, 0.6) is 5.75 Å². The van der Waals surface area contributed by atoms with Gasteiger partial charge in [0.2, 0.25) is 5.91 Å². The van der Waals surface area contributed by atoms with Gasteiger partial charge in [0.05, 0.1) is 6.61 Å². The summed E-state index contributed by atoms with van der Waals surface area (Å²) in [7, 11) is 0. The number of anilines is 1. The first-order valence-corrected chi connectivity index (χ1v) is 7.99. The van der Waals surface area contributed by atoms with Crippen LogP contribution < -0.4 is 15.4 Å². The van der Waals surface area contributed by atoms with E-state index in [0.717, 1.165) is 24.3 Å². The van der Waals surface area contributed by atoms with Gasteiger partial charge in [-0.3, -0.25) is 4.79 Å². The molecule has 116 valence electrons. The molecule has 0 bridgehead atoms. The molecular formula is C17H26N2O2. The maximum absolute atomic E-state index is 12.2. The summed E-state index contributed by atoms with van der Waals surface area (Å²) in [5.74, 6) is 0.929. The quantitative estimate of drug-likeness (QED) is 0.845. The fraction of sp³-hybridized carbons (Fsp3) is 0.588. The van der Waals surface area contributed by atoms with E-state index in [2.05, 4.69) is 10.6 Å². The Morgan fingerprint density at radius 1 is 1.24 bits per heavy atom. The summed E-state index contributed by atoms with van der Waals surface area (Å²) < 4.78 is 5.41. The van der Waals surface area contributed by atoms with Gasteiger partial charge in [-0.2, -0.15) is 0 Å². The lowest BCUT2D eigenvalue weighted by Crippen LogP contribution is -2.43. The van der Waals surface area contributed by atoms with E-state index in [0.29, 0.717) is 12.6 Å². The summed E-state index contributed by atoms with van der Waals surface area (Å²) in [5, 5.41) is 6.38. The maximum atomic E-state index is 12.2. The van der Waals surface area contributed by atoms with Crippen molar-refractivity contribution >= 4 is 11.6 Å². The zero-order chi connectivity index (χ0) is 15.1. The Morgan fingerprint density at radius 2 is 1.90 bits per heavy atom. The minimum Gasteiger partial charge on any atom is -0.494 e. The molecule has 21 heavy (non-hydrogen) atoms. The van der Waals surface area contributed by atoms with Crippen LogP contribution in [0, 0.1) is 0 Å². The van der Waals surface area contributed by atoms with E-state index in [1.807, 2.05) is 38.1 Å². The van der Waals surface area contributed by atoms with Crippen LogP contribution in [0.3, 0.4) is 0 Å². The Kier molecular flexibility index (Phi) is 5.90. The second kappa shape index (κ2) is 7.91. The predicted molar refractivity (Wildman–Crippen MR) is 85.7 cm³/mol. The third-order valence-corrected chi connectivity index (χ3v) is 3.89. The molecule has 1 aromatic carbocycles. The molecule has 0 unspecified atom stereocenters. The van der Waals surface area contributed by atoms with Gasteiger partial charge in [0.25, 0.3) is 0 Å². The number of rotatable bonds is 6. The van der Waals surface area contributed by atoms with Gasteiger partial charge < -0.3 is 15.4 Å². The van der Waals surface area contributed by atoms with Crippen molar-refractivity contribution in [3.63, 3.8) is 0 Å². The summed E-state index contributed by atoms with van der Waals surface area (Å²) >= 11 is 0. The molecule has 4 heteroatoms. The molecule has 1 atom stereocenters. The molecule has 1 amide bonds. The Balaban J connectivity index is 1.81. The van der Waals surface area contributed by atoms with E-state index < -0.39 is 0 Å². The summed E-state index contributed by atoms with van der Waals surface area (Å²) in [6.45, 7) is 4.52. The average Bonchev–Trinajstić information content (AvgIpc) is 2.50. The van der Waals surface area contributed by atoms with E-state index >= 15 is 0 Å². The smallest absolute Gasteiger partial charge is 0.242 e. The molecule has 4 nitrogen and oxygen atoms in total. The van der Waals surface area contributed by atoms with Crippen LogP contribution in [0.15, 0.2) is 24.3 Å². The van der Waals surface area contributed by atoms with E-state index in [4.69, 9.17) is 4.74 Å². The van der Waals surface area contributed by atoms with E-state index in [1.165, 1.54) is 19.3 Å². The highest BCUT2D eigenvalue weighted by Gasteiger charge is 2.19. The zero-order valence-electron chi connectivity index (χ0n) is 13.0. The fourth-order valence-corrected chi connectivity index (χ4v) is 2.70. The van der Waals surface area contributed by atoms with Crippen LogP contribution in [0.25, 0.3) is 0 Å². The van der Waals surface area contributed by atoms with Crippen molar-refractivity contribution in [1.82, 2.24) is 5.32 Å². The first-order valence-electron chi connectivity index (χ1n) is 7.99. The summed E-state index contributed by atoms with van der Waals surface area (Å²) in [5.41, 5.74) is 0.935. The number of hydrogen-bond acceptors (Lipinski definition) is 3. The van der Waals surface area contributed by atoms with Crippen molar-refractivity contribution in [2.45, 2.75) is 58.0 Å². The van der Waals surface area contributed by atoms with Crippen molar-refractivity contribution in [3.8, 4) is 5.75 Å². The molecule has 0 aliphatic heterocycles. The van der Waals surface area contributed by atoms with Crippen LogP contribution in [-0.2, 0) is 4.79 Å². The zero-order valence-corrected chi connectivity index (χ0v) is 13.0. The molecule has 1 fully saturated rings. The molecule has 2 rings (SSSR count). The normalized spacial score (nSPS) is 17.0. The van der Waals surface area contributed by atoms with Gasteiger partial charge in [-0.25, -0.2) is 0 Å². The summed E-state index contributed by atoms with van der Waals surface area (Å²) in [6.07, 6.45) is 5.98. The Hall–Kier alpha value is -1.71. The molecule has 1 aliphatic rings.